The molecule has 2 rings (SSSR count). The zero-order chi connectivity index (χ0) is 19.8. The number of hydrogen-bond donors (Lipinski definition) is 3. The predicted octanol–water partition coefficient (Wildman–Crippen LogP) is 2.34. The molecule has 0 fully saturated rings. The average Bonchev–Trinajstić information content (AvgIpc) is 2.68. The average molecular weight is 363 g/mol. The van der Waals surface area contributed by atoms with E-state index in [1.807, 2.05) is 0 Å². The van der Waals surface area contributed by atoms with Gasteiger partial charge in [0.25, 0.3) is 0 Å². The highest BCUT2D eigenvalue weighted by Crippen LogP contribution is 2.13. The summed E-state index contributed by atoms with van der Waals surface area (Å²) in [5.41, 5.74) is 8.69. The number of nitrogens with two attached hydrogens (primary N) is 1. The molecule has 0 aliphatic carbocycles. The highest BCUT2D eigenvalue weighted by Gasteiger charge is 2.20. The summed E-state index contributed by atoms with van der Waals surface area (Å²) in [5, 5.41) is 19.6. The molecule has 0 bridgehead atoms. The van der Waals surface area contributed by atoms with Crippen LogP contribution in [0.15, 0.2) is 59.7 Å². The second-order valence-electron chi connectivity index (χ2n) is 5.45. The van der Waals surface area contributed by atoms with Gasteiger partial charge in [-0.3, -0.25) is 15.6 Å². The minimum absolute atomic E-state index is 0.254. The molecule has 4 N–H and O–H groups in total. The standard InChI is InChI=1S/C19H17N5O3/c1-12(17(25)13-5-3-2-4-6-13)27-19(26)14-7-9-15(10-8-14)23-24-16(11-20)18(21)22/h2-10,12,23H,1H3,(H3,21,22)/b24-16+. The molecular weight excluding hydrogens is 346 g/mol. The van der Waals surface area contributed by atoms with E-state index in [0.717, 1.165) is 0 Å². The SMILES string of the molecule is CC(OC(=O)c1ccc(N/N=C(\C#N)C(=N)N)cc1)C(=O)c1ccccc1. The molecule has 1 unspecified atom stereocenters. The molecule has 0 radical (unpaired) electrons. The van der Waals surface area contributed by atoms with E-state index in [2.05, 4.69) is 10.5 Å². The highest BCUT2D eigenvalue weighted by atomic mass is 16.5. The van der Waals surface area contributed by atoms with Crippen molar-refractivity contribution < 1.29 is 14.3 Å². The van der Waals surface area contributed by atoms with Crippen molar-refractivity contribution in [1.82, 2.24) is 0 Å². The number of Topliss-reactive ketones (excluding diaryl/α,β-unsaturated/α-hetero) is 1. The minimum atomic E-state index is -0.920. The number of hydrogen-bond acceptors (Lipinski definition) is 7. The van der Waals surface area contributed by atoms with Crippen LogP contribution < -0.4 is 11.2 Å². The smallest absolute Gasteiger partial charge is 0.338 e. The largest absolute Gasteiger partial charge is 0.451 e. The normalized spacial score (nSPS) is 11.8. The monoisotopic (exact) mass is 363 g/mol. The van der Waals surface area contributed by atoms with Crippen LogP contribution in [0.3, 0.4) is 0 Å². The third-order valence-electron chi connectivity index (χ3n) is 3.49. The second-order valence-corrected chi connectivity index (χ2v) is 5.45. The minimum Gasteiger partial charge on any atom is -0.451 e. The third-order valence-corrected chi connectivity index (χ3v) is 3.49. The highest BCUT2D eigenvalue weighted by molar-refractivity contribution is 6.45. The van der Waals surface area contributed by atoms with E-state index >= 15 is 0 Å². The lowest BCUT2D eigenvalue weighted by molar-refractivity contribution is 0.0319. The number of nitriles is 1. The molecule has 8 heteroatoms. The summed E-state index contributed by atoms with van der Waals surface area (Å²) in [4.78, 5) is 24.4. The maximum absolute atomic E-state index is 12.2. The van der Waals surface area contributed by atoms with Crippen LogP contribution in [-0.2, 0) is 4.74 Å². The number of esters is 1. The van der Waals surface area contributed by atoms with Gasteiger partial charge in [0.1, 0.15) is 6.07 Å². The Bertz CT molecular complexity index is 915. The van der Waals surface area contributed by atoms with Crippen molar-refractivity contribution in [2.24, 2.45) is 10.8 Å². The van der Waals surface area contributed by atoms with Crippen LogP contribution in [0.25, 0.3) is 0 Å². The van der Waals surface area contributed by atoms with Gasteiger partial charge in [-0.1, -0.05) is 30.3 Å². The lowest BCUT2D eigenvalue weighted by atomic mass is 10.1. The predicted molar refractivity (Wildman–Crippen MR) is 101 cm³/mol. The van der Waals surface area contributed by atoms with Gasteiger partial charge in [-0.05, 0) is 31.2 Å². The first-order valence-corrected chi connectivity index (χ1v) is 7.91. The molecule has 0 aliphatic rings. The lowest BCUT2D eigenvalue weighted by Gasteiger charge is -2.12. The van der Waals surface area contributed by atoms with Gasteiger partial charge in [-0.25, -0.2) is 4.79 Å². The molecule has 8 nitrogen and oxygen atoms in total. The number of ketones is 1. The van der Waals surface area contributed by atoms with Gasteiger partial charge in [-0.15, -0.1) is 0 Å². The molecule has 2 aromatic rings. The van der Waals surface area contributed by atoms with E-state index < -0.39 is 17.9 Å². The Morgan fingerprint density at radius 3 is 2.33 bits per heavy atom. The summed E-state index contributed by atoms with van der Waals surface area (Å²) in [6.45, 7) is 1.52. The molecule has 0 spiro atoms. The Hall–Kier alpha value is -3.99. The maximum Gasteiger partial charge on any atom is 0.338 e. The van der Waals surface area contributed by atoms with Gasteiger partial charge >= 0.3 is 5.97 Å². The van der Waals surface area contributed by atoms with Crippen molar-refractivity contribution in [1.29, 1.82) is 10.7 Å². The first kappa shape index (κ1) is 19.3. The molecular formula is C19H17N5O3. The van der Waals surface area contributed by atoms with Crippen LogP contribution in [0.2, 0.25) is 0 Å². The van der Waals surface area contributed by atoms with Gasteiger partial charge in [0, 0.05) is 5.56 Å². The van der Waals surface area contributed by atoms with E-state index in [1.54, 1.807) is 48.5 Å². The maximum atomic E-state index is 12.2. The molecule has 0 saturated heterocycles. The number of carbonyl (C=O) groups excluding carboxylic acids is 2. The van der Waals surface area contributed by atoms with E-state index in [9.17, 15) is 9.59 Å². The third kappa shape index (κ3) is 5.24. The summed E-state index contributed by atoms with van der Waals surface area (Å²) in [6.07, 6.45) is -0.920. The first-order chi connectivity index (χ1) is 12.9. The van der Waals surface area contributed by atoms with E-state index in [0.29, 0.717) is 11.3 Å². The van der Waals surface area contributed by atoms with Crippen molar-refractivity contribution in [2.75, 3.05) is 5.43 Å². The van der Waals surface area contributed by atoms with Gasteiger partial charge in [-0.2, -0.15) is 10.4 Å². The summed E-state index contributed by atoms with van der Waals surface area (Å²) in [7, 11) is 0. The molecule has 27 heavy (non-hydrogen) atoms. The number of ether oxygens (including phenoxy) is 1. The quantitative estimate of drug-likeness (QED) is 0.227. The lowest BCUT2D eigenvalue weighted by Crippen LogP contribution is -2.24. The molecule has 0 aliphatic heterocycles. The number of hydrazone groups is 1. The summed E-state index contributed by atoms with van der Waals surface area (Å²) in [5.74, 6) is -1.38. The first-order valence-electron chi connectivity index (χ1n) is 7.91. The second kappa shape index (κ2) is 8.92. The van der Waals surface area contributed by atoms with Gasteiger partial charge < -0.3 is 10.5 Å². The number of amidine groups is 1. The number of rotatable bonds is 7. The fourth-order valence-electron chi connectivity index (χ4n) is 2.07. The zero-order valence-electron chi connectivity index (χ0n) is 14.5. The number of nitrogens with zero attached hydrogens (tertiary/aromatic N) is 2. The summed E-state index contributed by atoms with van der Waals surface area (Å²) in [6, 6.07) is 16.3. The molecule has 0 aromatic heterocycles. The van der Waals surface area contributed by atoms with Gasteiger partial charge in [0.2, 0.25) is 11.5 Å². The number of benzene rings is 2. The van der Waals surface area contributed by atoms with Crippen LogP contribution in [0, 0.1) is 16.7 Å². The number of anilines is 1. The molecule has 0 heterocycles. The van der Waals surface area contributed by atoms with Crippen LogP contribution in [0.1, 0.15) is 27.6 Å². The van der Waals surface area contributed by atoms with E-state index in [1.165, 1.54) is 19.1 Å². The molecule has 0 amide bonds. The number of nitrogens with one attached hydrogen (secondary N) is 2. The zero-order valence-corrected chi connectivity index (χ0v) is 14.5. The Morgan fingerprint density at radius 2 is 1.78 bits per heavy atom. The fourth-order valence-corrected chi connectivity index (χ4v) is 2.07. The molecule has 1 atom stereocenters. The van der Waals surface area contributed by atoms with Crippen molar-refractivity contribution >= 4 is 29.0 Å². The topological polar surface area (TPSA) is 141 Å². The summed E-state index contributed by atoms with van der Waals surface area (Å²) >= 11 is 0. The Labute approximate surface area is 155 Å². The van der Waals surface area contributed by atoms with Gasteiger partial charge in [0.15, 0.2) is 11.9 Å². The molecule has 0 saturated carbocycles. The van der Waals surface area contributed by atoms with Crippen LogP contribution in [0.5, 0.6) is 0 Å². The van der Waals surface area contributed by atoms with E-state index in [-0.39, 0.29) is 17.1 Å². The van der Waals surface area contributed by atoms with Crippen molar-refractivity contribution in [2.45, 2.75) is 13.0 Å². The van der Waals surface area contributed by atoms with E-state index in [4.69, 9.17) is 21.1 Å². The number of carbonyl (C=O) groups is 2. The molecule has 136 valence electrons. The van der Waals surface area contributed by atoms with Crippen LogP contribution >= 0.6 is 0 Å². The van der Waals surface area contributed by atoms with Crippen molar-refractivity contribution in [3.8, 4) is 6.07 Å². The van der Waals surface area contributed by atoms with Crippen LogP contribution in [0.4, 0.5) is 5.69 Å². The Morgan fingerprint density at radius 1 is 1.15 bits per heavy atom. The fraction of sp³-hybridized carbons (Fsp3) is 0.105. The van der Waals surface area contributed by atoms with Crippen molar-refractivity contribution in [3.05, 3.63) is 65.7 Å². The van der Waals surface area contributed by atoms with Gasteiger partial charge in [0.05, 0.1) is 11.3 Å². The van der Waals surface area contributed by atoms with Crippen molar-refractivity contribution in [3.63, 3.8) is 0 Å². The Balaban J connectivity index is 2.00. The summed E-state index contributed by atoms with van der Waals surface area (Å²) < 4.78 is 5.22. The Kier molecular flexibility index (Phi) is 6.39. The van der Waals surface area contributed by atoms with Crippen LogP contribution in [-0.4, -0.2) is 29.4 Å². The molecule has 2 aromatic carbocycles.